The van der Waals surface area contributed by atoms with Gasteiger partial charge in [0.05, 0.1) is 10.3 Å². The summed E-state index contributed by atoms with van der Waals surface area (Å²) in [5.41, 5.74) is 0. The highest BCUT2D eigenvalue weighted by Crippen LogP contribution is 2.62. The van der Waals surface area contributed by atoms with Gasteiger partial charge in [-0.25, -0.2) is 0 Å². The van der Waals surface area contributed by atoms with E-state index in [4.69, 9.17) is 0 Å². The smallest absolute Gasteiger partial charge is 0.135 e. The van der Waals surface area contributed by atoms with Crippen LogP contribution in [-0.2, 0) is 0 Å². The first-order valence-electron chi connectivity index (χ1n) is 3.03. The van der Waals surface area contributed by atoms with Gasteiger partial charge in [0.2, 0.25) is 0 Å². The van der Waals surface area contributed by atoms with Crippen molar-refractivity contribution in [1.82, 2.24) is 0 Å². The van der Waals surface area contributed by atoms with E-state index in [1.807, 2.05) is 0 Å². The van der Waals surface area contributed by atoms with Crippen LogP contribution in [0.2, 0.25) is 0 Å². The molecular formula is C5H4Br8O. The van der Waals surface area contributed by atoms with Crippen molar-refractivity contribution in [2.24, 2.45) is 0 Å². The number of aliphatic hydroxyl groups excluding tert-OH is 1. The van der Waals surface area contributed by atoms with E-state index in [0.29, 0.717) is 0 Å². The summed E-state index contributed by atoms with van der Waals surface area (Å²) in [6.07, 6.45) is 0. The molecule has 9 heteroatoms. The monoisotopic (exact) mass is 711 g/mol. The molecule has 1 nitrogen and oxygen atoms in total. The van der Waals surface area contributed by atoms with Crippen LogP contribution in [-0.4, -0.2) is 25.2 Å². The van der Waals surface area contributed by atoms with Gasteiger partial charge in [-0.05, 0) is 0 Å². The van der Waals surface area contributed by atoms with E-state index in [2.05, 4.69) is 127 Å². The van der Waals surface area contributed by atoms with Crippen LogP contribution in [0.25, 0.3) is 0 Å². The van der Waals surface area contributed by atoms with Crippen LogP contribution in [0, 0.1) is 0 Å². The van der Waals surface area contributed by atoms with Crippen molar-refractivity contribution in [2.45, 2.75) is 13.4 Å². The number of alkyl halides is 8. The fourth-order valence-electron chi connectivity index (χ4n) is 0.480. The number of halogens is 8. The minimum Gasteiger partial charge on any atom is -0.394 e. The highest BCUT2D eigenvalue weighted by Gasteiger charge is 2.59. The number of hydrogen-bond donors (Lipinski definition) is 1. The lowest BCUT2D eigenvalue weighted by Gasteiger charge is -2.43. The maximum Gasteiger partial charge on any atom is 0.135 e. The van der Waals surface area contributed by atoms with Crippen molar-refractivity contribution in [3.63, 3.8) is 0 Å². The van der Waals surface area contributed by atoms with Crippen LogP contribution in [0.5, 0.6) is 0 Å². The lowest BCUT2D eigenvalue weighted by atomic mass is 10.2. The third kappa shape index (κ3) is 3.65. The van der Waals surface area contributed by atoms with Gasteiger partial charge in [0.25, 0.3) is 0 Å². The Kier molecular flexibility index (Phi) is 8.01. The summed E-state index contributed by atoms with van der Waals surface area (Å²) in [5, 5.41) is 9.25. The van der Waals surface area contributed by atoms with E-state index in [1.165, 1.54) is 0 Å². The zero-order valence-corrected chi connectivity index (χ0v) is 18.9. The van der Waals surface area contributed by atoms with Gasteiger partial charge in [0.1, 0.15) is 9.70 Å². The summed E-state index contributed by atoms with van der Waals surface area (Å²) in [6.45, 7) is -0.116. The molecule has 0 spiro atoms. The molecule has 0 bridgehead atoms. The van der Waals surface area contributed by atoms with Gasteiger partial charge < -0.3 is 5.11 Å². The Hall–Kier alpha value is 3.80. The number of rotatable bonds is 4. The van der Waals surface area contributed by atoms with Crippen molar-refractivity contribution in [1.29, 1.82) is 0 Å². The largest absolute Gasteiger partial charge is 0.394 e. The molecule has 0 heterocycles. The quantitative estimate of drug-likeness (QED) is 0.378. The Morgan fingerprint density at radius 3 is 1.50 bits per heavy atom. The molecule has 0 aromatic heterocycles. The fourth-order valence-corrected chi connectivity index (χ4v) is 5.47. The van der Waals surface area contributed by atoms with Crippen LogP contribution in [0.1, 0.15) is 0 Å². The van der Waals surface area contributed by atoms with Gasteiger partial charge in [0, 0.05) is 0 Å². The van der Waals surface area contributed by atoms with E-state index < -0.39 is 9.70 Å². The molecule has 0 amide bonds. The molecule has 0 unspecified atom stereocenters. The predicted octanol–water partition coefficient (Wildman–Crippen LogP) is 5.55. The molecule has 0 atom stereocenters. The fraction of sp³-hybridized carbons (Fsp3) is 1.00. The average Bonchev–Trinajstić information content (AvgIpc) is 2.03. The topological polar surface area (TPSA) is 20.2 Å². The Labute approximate surface area is 150 Å². The summed E-state index contributed by atoms with van der Waals surface area (Å²) < 4.78 is -2.09. The highest BCUT2D eigenvalue weighted by atomic mass is 79.9. The molecule has 0 saturated carbocycles. The van der Waals surface area contributed by atoms with Crippen LogP contribution in [0.15, 0.2) is 0 Å². The van der Waals surface area contributed by atoms with Gasteiger partial charge in [-0.15, -0.1) is 0 Å². The van der Waals surface area contributed by atoms with Crippen LogP contribution in [0.3, 0.4) is 0 Å². The van der Waals surface area contributed by atoms with E-state index in [0.717, 1.165) is 0 Å². The summed E-state index contributed by atoms with van der Waals surface area (Å²) in [5.74, 6) is 0. The molecular weight excluding hydrogens is 715 g/mol. The van der Waals surface area contributed by atoms with Gasteiger partial charge in [0.15, 0.2) is 0 Å². The molecule has 0 aliphatic carbocycles. The summed E-state index contributed by atoms with van der Waals surface area (Å²) in [6, 6.07) is 0. The molecule has 0 radical (unpaired) electrons. The van der Waals surface area contributed by atoms with Crippen LogP contribution in [0.4, 0.5) is 0 Å². The summed E-state index contributed by atoms with van der Waals surface area (Å²) in [4.78, 5) is 0. The Morgan fingerprint density at radius 1 is 0.929 bits per heavy atom. The maximum atomic E-state index is 9.25. The molecule has 0 aliphatic rings. The molecule has 0 aliphatic heterocycles. The molecule has 0 aromatic carbocycles. The third-order valence-electron chi connectivity index (χ3n) is 1.35. The summed E-state index contributed by atoms with van der Waals surface area (Å²) >= 11 is 27.5. The standard InChI is InChI=1S/C5H4Br8O/c6-2(7)4(10,11)5(12,13)3(8,9)1-14/h2,14H,1H2. The van der Waals surface area contributed by atoms with Crippen LogP contribution < -0.4 is 0 Å². The SMILES string of the molecule is OCC(Br)(Br)C(Br)(Br)C(Br)(Br)C(Br)Br. The minimum atomic E-state index is -0.736. The first-order chi connectivity index (χ1) is 6.00. The Morgan fingerprint density at radius 2 is 1.29 bits per heavy atom. The number of aliphatic hydroxyl groups is 1. The van der Waals surface area contributed by atoms with Gasteiger partial charge in [-0.1, -0.05) is 127 Å². The van der Waals surface area contributed by atoms with Crippen molar-refractivity contribution < 1.29 is 5.11 Å². The maximum absolute atomic E-state index is 9.25. The van der Waals surface area contributed by atoms with E-state index in [1.54, 1.807) is 0 Å². The van der Waals surface area contributed by atoms with E-state index >= 15 is 0 Å². The van der Waals surface area contributed by atoms with Gasteiger partial charge in [-0.3, -0.25) is 0 Å². The zero-order valence-electron chi connectivity index (χ0n) is 6.26. The molecule has 14 heavy (non-hydrogen) atoms. The second-order valence-electron chi connectivity index (χ2n) is 2.36. The minimum absolute atomic E-state index is 0.0812. The average molecular weight is 719 g/mol. The zero-order chi connectivity index (χ0) is 11.8. The highest BCUT2D eigenvalue weighted by molar-refractivity contribution is 9.34. The summed E-state index contributed by atoms with van der Waals surface area (Å²) in [7, 11) is 0. The van der Waals surface area contributed by atoms with Gasteiger partial charge >= 0.3 is 0 Å². The molecule has 0 saturated heterocycles. The predicted molar refractivity (Wildman–Crippen MR) is 90.5 cm³/mol. The normalized spacial score (nSPS) is 15.0. The van der Waals surface area contributed by atoms with Crippen molar-refractivity contribution in [3.05, 3.63) is 0 Å². The van der Waals surface area contributed by atoms with Gasteiger partial charge in [-0.2, -0.15) is 0 Å². The van der Waals surface area contributed by atoms with Crippen molar-refractivity contribution in [3.8, 4) is 0 Å². The molecule has 86 valence electrons. The van der Waals surface area contributed by atoms with Crippen molar-refractivity contribution >= 4 is 127 Å². The lowest BCUT2D eigenvalue weighted by Crippen LogP contribution is -2.52. The second-order valence-corrected chi connectivity index (χ2v) is 16.2. The molecule has 1 N–H and O–H groups in total. The number of hydrogen-bond acceptors (Lipinski definition) is 1. The van der Waals surface area contributed by atoms with Crippen LogP contribution >= 0.6 is 127 Å². The van der Waals surface area contributed by atoms with E-state index in [-0.39, 0.29) is 10.3 Å². The van der Waals surface area contributed by atoms with Crippen molar-refractivity contribution in [2.75, 3.05) is 6.61 Å². The molecule has 0 aromatic rings. The molecule has 0 rings (SSSR count). The first-order valence-corrected chi connectivity index (χ1v) is 9.62. The Bertz CT molecular complexity index is 200. The Balaban J connectivity index is 5.14. The first kappa shape index (κ1) is 17.8. The third-order valence-corrected chi connectivity index (χ3v) is 15.8. The second kappa shape index (κ2) is 6.30. The van der Waals surface area contributed by atoms with E-state index in [9.17, 15) is 5.11 Å². The lowest BCUT2D eigenvalue weighted by molar-refractivity contribution is 0.283. The molecule has 0 fully saturated rings.